The highest BCUT2D eigenvalue weighted by Crippen LogP contribution is 2.24. The molecule has 0 aromatic heterocycles. The Morgan fingerprint density at radius 1 is 1.03 bits per heavy atom. The molecule has 0 bridgehead atoms. The van der Waals surface area contributed by atoms with Gasteiger partial charge in [0, 0.05) is 12.1 Å². The van der Waals surface area contributed by atoms with Gasteiger partial charge >= 0.3 is 0 Å². The molecule has 9 nitrogen and oxygen atoms in total. The number of anilines is 1. The van der Waals surface area contributed by atoms with E-state index in [1.807, 2.05) is 6.92 Å². The summed E-state index contributed by atoms with van der Waals surface area (Å²) < 4.78 is 33.0. The van der Waals surface area contributed by atoms with Crippen molar-refractivity contribution in [2.75, 3.05) is 11.3 Å². The molecule has 1 aliphatic heterocycles. The predicted molar refractivity (Wildman–Crippen MR) is 121 cm³/mol. The highest BCUT2D eigenvalue weighted by Gasteiger charge is 2.43. The lowest BCUT2D eigenvalue weighted by atomic mass is 9.92. The lowest BCUT2D eigenvalue weighted by Crippen LogP contribution is -2.58. The normalized spacial score (nSPS) is 25.8. The Morgan fingerprint density at radius 2 is 1.70 bits per heavy atom. The van der Waals surface area contributed by atoms with Crippen LogP contribution in [0.4, 0.5) is 5.69 Å². The van der Waals surface area contributed by atoms with Crippen molar-refractivity contribution in [3.63, 3.8) is 0 Å². The zero-order valence-corrected chi connectivity index (χ0v) is 18.7. The first kappa shape index (κ1) is 25.0. The van der Waals surface area contributed by atoms with Crippen LogP contribution in [0.3, 0.4) is 0 Å². The highest BCUT2D eigenvalue weighted by atomic mass is 32.2. The molecule has 1 saturated heterocycles. The van der Waals surface area contributed by atoms with E-state index in [4.69, 9.17) is 4.74 Å². The van der Waals surface area contributed by atoms with Crippen molar-refractivity contribution in [2.45, 2.75) is 48.8 Å². The molecule has 3 rings (SSSR count). The van der Waals surface area contributed by atoms with Gasteiger partial charge in [0.2, 0.25) is 0 Å². The molecule has 0 unspecified atom stereocenters. The second kappa shape index (κ2) is 10.6. The maximum atomic E-state index is 12.6. The van der Waals surface area contributed by atoms with Gasteiger partial charge in [-0.2, -0.15) is 0 Å². The third kappa shape index (κ3) is 6.26. The van der Waals surface area contributed by atoms with Crippen LogP contribution in [0.25, 0.3) is 6.08 Å². The number of rotatable bonds is 8. The number of benzene rings is 2. The van der Waals surface area contributed by atoms with Gasteiger partial charge < -0.3 is 25.2 Å². The first-order chi connectivity index (χ1) is 15.6. The monoisotopic (exact) mass is 477 g/mol. The minimum atomic E-state index is -3.77. The topological polar surface area (TPSA) is 153 Å². The zero-order chi connectivity index (χ0) is 24.2. The van der Waals surface area contributed by atoms with Crippen LogP contribution in [0.2, 0.25) is 0 Å². The Bertz CT molecular complexity index is 1100. The van der Waals surface area contributed by atoms with Crippen molar-refractivity contribution in [1.29, 1.82) is 0 Å². The molecule has 1 aliphatic rings. The standard InChI is InChI=1S/C23H27NO8S/c1-14-5-9-18(10-6-14)33(30,31)24-16-4-2-3-15(11-16)7-8-17(26)12-19-21(27)23(29)22(28)20(13-25)32-19/h2-11,19-25,27-29H,12-13H2,1H3/b8-7+/t19-,20+,21+,22+,23+/m0/s1. The average Bonchev–Trinajstić information content (AvgIpc) is 2.78. The summed E-state index contributed by atoms with van der Waals surface area (Å²) in [5, 5.41) is 38.9. The van der Waals surface area contributed by atoms with Crippen LogP contribution in [0.5, 0.6) is 0 Å². The third-order valence-electron chi connectivity index (χ3n) is 5.33. The molecule has 178 valence electrons. The lowest BCUT2D eigenvalue weighted by Gasteiger charge is -2.39. The summed E-state index contributed by atoms with van der Waals surface area (Å²) >= 11 is 0. The third-order valence-corrected chi connectivity index (χ3v) is 6.72. The number of aliphatic hydroxyl groups excluding tert-OH is 4. The number of hydrogen-bond donors (Lipinski definition) is 5. The number of carbonyl (C=O) groups excluding carboxylic acids is 1. The number of aryl methyl sites for hydroxylation is 1. The van der Waals surface area contributed by atoms with Gasteiger partial charge in [-0.3, -0.25) is 9.52 Å². The first-order valence-electron chi connectivity index (χ1n) is 10.3. The second-order valence-electron chi connectivity index (χ2n) is 7.92. The van der Waals surface area contributed by atoms with Crippen LogP contribution in [-0.2, 0) is 19.6 Å². The van der Waals surface area contributed by atoms with Crippen molar-refractivity contribution in [3.8, 4) is 0 Å². The molecule has 1 heterocycles. The van der Waals surface area contributed by atoms with Crippen molar-refractivity contribution in [3.05, 3.63) is 65.7 Å². The van der Waals surface area contributed by atoms with Crippen LogP contribution < -0.4 is 4.72 Å². The number of ketones is 1. The van der Waals surface area contributed by atoms with Crippen molar-refractivity contribution >= 4 is 27.6 Å². The van der Waals surface area contributed by atoms with Gasteiger partial charge in [-0.15, -0.1) is 0 Å². The van der Waals surface area contributed by atoms with Gasteiger partial charge in [-0.25, -0.2) is 8.42 Å². The number of ether oxygens (including phenoxy) is 1. The Kier molecular flexibility index (Phi) is 8.01. The van der Waals surface area contributed by atoms with E-state index in [0.29, 0.717) is 11.3 Å². The quantitative estimate of drug-likeness (QED) is 0.347. The summed E-state index contributed by atoms with van der Waals surface area (Å²) in [5.74, 6) is -0.426. The zero-order valence-electron chi connectivity index (χ0n) is 17.9. The van der Waals surface area contributed by atoms with E-state index in [9.17, 15) is 33.6 Å². The van der Waals surface area contributed by atoms with Gasteiger partial charge in [0.1, 0.15) is 24.4 Å². The van der Waals surface area contributed by atoms with Crippen molar-refractivity contribution in [2.24, 2.45) is 0 Å². The summed E-state index contributed by atoms with van der Waals surface area (Å²) in [4.78, 5) is 12.5. The molecule has 5 N–H and O–H groups in total. The van der Waals surface area contributed by atoms with E-state index in [2.05, 4.69) is 4.72 Å². The number of aliphatic hydroxyl groups is 4. The van der Waals surface area contributed by atoms with Crippen molar-refractivity contribution in [1.82, 2.24) is 0 Å². The predicted octanol–water partition coefficient (Wildman–Crippen LogP) is 0.611. The second-order valence-corrected chi connectivity index (χ2v) is 9.60. The highest BCUT2D eigenvalue weighted by molar-refractivity contribution is 7.92. The summed E-state index contributed by atoms with van der Waals surface area (Å²) in [6.07, 6.45) is -4.24. The van der Waals surface area contributed by atoms with E-state index in [-0.39, 0.29) is 11.3 Å². The van der Waals surface area contributed by atoms with Gasteiger partial charge in [-0.05, 0) is 42.8 Å². The minimum Gasteiger partial charge on any atom is -0.394 e. The molecular formula is C23H27NO8S. The maximum absolute atomic E-state index is 12.6. The Balaban J connectivity index is 1.65. The van der Waals surface area contributed by atoms with Crippen LogP contribution in [0.15, 0.2) is 59.5 Å². The van der Waals surface area contributed by atoms with Gasteiger partial charge in [-0.1, -0.05) is 35.9 Å². The van der Waals surface area contributed by atoms with Crippen molar-refractivity contribution < 1.29 is 38.4 Å². The minimum absolute atomic E-state index is 0.128. The van der Waals surface area contributed by atoms with Gasteiger partial charge in [0.05, 0.1) is 17.6 Å². The average molecular weight is 478 g/mol. The Hall–Kier alpha value is -2.60. The molecule has 0 amide bonds. The number of carbonyl (C=O) groups is 1. The van der Waals surface area contributed by atoms with Crippen LogP contribution >= 0.6 is 0 Å². The number of hydrogen-bond acceptors (Lipinski definition) is 8. The van der Waals surface area contributed by atoms with E-state index in [1.54, 1.807) is 36.4 Å². The fraction of sp³-hybridized carbons (Fsp3) is 0.348. The van der Waals surface area contributed by atoms with Crippen LogP contribution in [0, 0.1) is 6.92 Å². The molecule has 10 heteroatoms. The van der Waals surface area contributed by atoms with Crippen LogP contribution in [0.1, 0.15) is 17.5 Å². The number of sulfonamides is 1. The number of nitrogens with one attached hydrogen (secondary N) is 1. The lowest BCUT2D eigenvalue weighted by molar-refractivity contribution is -0.229. The summed E-state index contributed by atoms with van der Waals surface area (Å²) in [6, 6.07) is 12.9. The summed E-state index contributed by atoms with van der Waals surface area (Å²) in [6.45, 7) is 1.29. The molecule has 1 fully saturated rings. The van der Waals surface area contributed by atoms with E-state index >= 15 is 0 Å². The summed E-state index contributed by atoms with van der Waals surface area (Å²) in [7, 11) is -3.77. The molecule has 33 heavy (non-hydrogen) atoms. The van der Waals surface area contributed by atoms with Gasteiger partial charge in [0.25, 0.3) is 10.0 Å². The fourth-order valence-electron chi connectivity index (χ4n) is 3.44. The molecule has 5 atom stereocenters. The number of allylic oxidation sites excluding steroid dienone is 1. The fourth-order valence-corrected chi connectivity index (χ4v) is 4.49. The summed E-state index contributed by atoms with van der Waals surface area (Å²) in [5.41, 5.74) is 1.81. The maximum Gasteiger partial charge on any atom is 0.261 e. The Morgan fingerprint density at radius 3 is 2.36 bits per heavy atom. The Labute approximate surface area is 192 Å². The SMILES string of the molecule is Cc1ccc(S(=O)(=O)Nc2cccc(/C=C/C(=O)C[C@@H]3O[C@H](CO)[C@@H](O)[C@H](O)[C@@H]3O)c2)cc1. The molecule has 0 aliphatic carbocycles. The van der Waals surface area contributed by atoms with E-state index in [0.717, 1.165) is 5.56 Å². The van der Waals surface area contributed by atoms with E-state index < -0.39 is 52.9 Å². The molecule has 0 radical (unpaired) electrons. The first-order valence-corrected chi connectivity index (χ1v) is 11.8. The molecular weight excluding hydrogens is 450 g/mol. The molecule has 2 aromatic carbocycles. The van der Waals surface area contributed by atoms with Gasteiger partial charge in [0.15, 0.2) is 5.78 Å². The molecule has 0 saturated carbocycles. The van der Waals surface area contributed by atoms with E-state index in [1.165, 1.54) is 24.3 Å². The molecule has 2 aromatic rings. The largest absolute Gasteiger partial charge is 0.394 e. The molecule has 0 spiro atoms. The van der Waals surface area contributed by atoms with Crippen LogP contribution in [-0.4, -0.2) is 71.8 Å². The smallest absolute Gasteiger partial charge is 0.261 e.